The van der Waals surface area contributed by atoms with E-state index in [2.05, 4.69) is 0 Å². The number of carboxylic acids is 3. The number of carboxylic acid groups (broad SMARTS) is 3. The Hall–Kier alpha value is -3.29. The van der Waals surface area contributed by atoms with Gasteiger partial charge in [0.15, 0.2) is 0 Å². The van der Waals surface area contributed by atoms with Crippen LogP contribution >= 0.6 is 0 Å². The van der Waals surface area contributed by atoms with Crippen LogP contribution in [-0.4, -0.2) is 37.7 Å². The molecule has 6 nitrogen and oxygen atoms in total. The molecular formula is C27H27GaO6. The van der Waals surface area contributed by atoms with E-state index in [9.17, 15) is 29.7 Å². The summed E-state index contributed by atoms with van der Waals surface area (Å²) in [7, 11) is 0. The maximum Gasteiger partial charge on any atom is 3.00 e. The molecule has 0 saturated heterocycles. The van der Waals surface area contributed by atoms with Gasteiger partial charge in [0.25, 0.3) is 0 Å². The maximum absolute atomic E-state index is 10.5. The first kappa shape index (κ1) is 30.7. The van der Waals surface area contributed by atoms with Crippen LogP contribution in [0.25, 0.3) is 0 Å². The Morgan fingerprint density at radius 3 is 0.853 bits per heavy atom. The van der Waals surface area contributed by atoms with E-state index in [1.165, 1.54) is 0 Å². The van der Waals surface area contributed by atoms with Crippen molar-refractivity contribution in [1.82, 2.24) is 0 Å². The van der Waals surface area contributed by atoms with Gasteiger partial charge in [0.1, 0.15) is 0 Å². The number of rotatable bonds is 6. The van der Waals surface area contributed by atoms with Crippen LogP contribution in [0.2, 0.25) is 0 Å². The Morgan fingerprint density at radius 1 is 0.500 bits per heavy atom. The van der Waals surface area contributed by atoms with E-state index >= 15 is 0 Å². The van der Waals surface area contributed by atoms with Gasteiger partial charge >= 0.3 is 19.8 Å². The summed E-state index contributed by atoms with van der Waals surface area (Å²) in [4.78, 5) is 31.4. The number of carbonyl (C=O) groups is 3. The van der Waals surface area contributed by atoms with E-state index < -0.39 is 17.9 Å². The fraction of sp³-hybridized carbons (Fsp3) is 0.222. The topological polar surface area (TPSA) is 120 Å². The largest absolute Gasteiger partial charge is 3.00 e. The molecule has 0 fully saturated rings. The Balaban J connectivity index is 0.000000473. The monoisotopic (exact) mass is 516 g/mol. The molecule has 174 valence electrons. The van der Waals surface area contributed by atoms with Gasteiger partial charge in [-0.1, -0.05) is 93.6 Å². The molecule has 0 spiro atoms. The molecule has 0 saturated carbocycles. The third-order valence-corrected chi connectivity index (χ3v) is 4.85. The van der Waals surface area contributed by atoms with Crippen LogP contribution in [0.15, 0.2) is 72.8 Å². The first-order chi connectivity index (χ1) is 15.8. The van der Waals surface area contributed by atoms with Crippen LogP contribution < -0.4 is 15.3 Å². The van der Waals surface area contributed by atoms with Crippen molar-refractivity contribution in [2.45, 2.75) is 40.0 Å². The summed E-state index contributed by atoms with van der Waals surface area (Å²) >= 11 is 0. The molecule has 0 amide bonds. The number of hydrogen-bond donors (Lipinski definition) is 0. The van der Waals surface area contributed by atoms with Crippen LogP contribution in [0, 0.1) is 0 Å². The fourth-order valence-corrected chi connectivity index (χ4v) is 3.08. The molecule has 0 bridgehead atoms. The first-order valence-electron chi connectivity index (χ1n) is 10.6. The molecule has 0 atom stereocenters. The second-order valence-corrected chi connectivity index (χ2v) is 6.89. The quantitative estimate of drug-likeness (QED) is 0.457. The molecule has 3 aromatic carbocycles. The van der Waals surface area contributed by atoms with E-state index in [1.807, 2.05) is 39.0 Å². The third kappa shape index (κ3) is 9.68. The Labute approximate surface area is 213 Å². The smallest absolute Gasteiger partial charge is 0.545 e. The average Bonchev–Trinajstić information content (AvgIpc) is 2.84. The van der Waals surface area contributed by atoms with Crippen LogP contribution in [0.4, 0.5) is 0 Å². The predicted octanol–water partition coefficient (Wildman–Crippen LogP) is 1.46. The normalized spacial score (nSPS) is 9.26. The minimum absolute atomic E-state index is 0. The zero-order valence-electron chi connectivity index (χ0n) is 19.6. The summed E-state index contributed by atoms with van der Waals surface area (Å²) in [6.07, 6.45) is 2.18. The minimum Gasteiger partial charge on any atom is -0.545 e. The summed E-state index contributed by atoms with van der Waals surface area (Å²) in [5, 5.41) is 31.4. The molecule has 0 aliphatic carbocycles. The first-order valence-corrected chi connectivity index (χ1v) is 10.6. The van der Waals surface area contributed by atoms with Crippen molar-refractivity contribution in [2.75, 3.05) is 0 Å². The fourth-order valence-electron chi connectivity index (χ4n) is 3.08. The third-order valence-electron chi connectivity index (χ3n) is 4.85. The van der Waals surface area contributed by atoms with Gasteiger partial charge in [0.2, 0.25) is 0 Å². The van der Waals surface area contributed by atoms with Gasteiger partial charge in [-0.3, -0.25) is 0 Å². The predicted molar refractivity (Wildman–Crippen MR) is 126 cm³/mol. The van der Waals surface area contributed by atoms with E-state index in [0.717, 1.165) is 36.0 Å². The van der Waals surface area contributed by atoms with Gasteiger partial charge in [-0.25, -0.2) is 0 Å². The van der Waals surface area contributed by atoms with Crippen LogP contribution in [0.3, 0.4) is 0 Å². The summed E-state index contributed by atoms with van der Waals surface area (Å²) in [5.41, 5.74) is 3.38. The van der Waals surface area contributed by atoms with Crippen LogP contribution in [0.1, 0.15) is 68.5 Å². The Morgan fingerprint density at radius 2 is 0.706 bits per heavy atom. The standard InChI is InChI=1S/3C9H10O2.Ga/c3*1-2-7-5-3-4-6-8(7)9(10)11;/h3*3-6H,2H2,1H3,(H,10,11);/q;;;+3/p-3. The van der Waals surface area contributed by atoms with Crippen molar-refractivity contribution in [1.29, 1.82) is 0 Å². The van der Waals surface area contributed by atoms with E-state index in [4.69, 9.17) is 0 Å². The molecule has 0 unspecified atom stereocenters. The summed E-state index contributed by atoms with van der Waals surface area (Å²) in [5.74, 6) is -3.28. The van der Waals surface area contributed by atoms with Gasteiger partial charge in [0, 0.05) is 16.7 Å². The van der Waals surface area contributed by atoms with Crippen molar-refractivity contribution >= 4 is 37.7 Å². The molecule has 7 heteroatoms. The van der Waals surface area contributed by atoms with Gasteiger partial charge < -0.3 is 29.7 Å². The Bertz CT molecular complexity index is 941. The van der Waals surface area contributed by atoms with E-state index in [0.29, 0.717) is 16.7 Å². The van der Waals surface area contributed by atoms with E-state index in [-0.39, 0.29) is 19.8 Å². The van der Waals surface area contributed by atoms with Gasteiger partial charge in [0.05, 0.1) is 17.9 Å². The second kappa shape index (κ2) is 16.3. The van der Waals surface area contributed by atoms with Gasteiger partial charge in [-0.2, -0.15) is 0 Å². The van der Waals surface area contributed by atoms with Crippen LogP contribution in [-0.2, 0) is 19.3 Å². The molecule has 3 aromatic rings. The molecule has 34 heavy (non-hydrogen) atoms. The van der Waals surface area contributed by atoms with Crippen molar-refractivity contribution in [3.63, 3.8) is 0 Å². The summed E-state index contributed by atoms with van der Waals surface area (Å²) < 4.78 is 0. The maximum atomic E-state index is 10.5. The number of carbonyl (C=O) groups excluding carboxylic acids is 3. The van der Waals surface area contributed by atoms with Crippen LogP contribution in [0.5, 0.6) is 0 Å². The second-order valence-electron chi connectivity index (χ2n) is 6.89. The number of aryl methyl sites for hydroxylation is 3. The summed E-state index contributed by atoms with van der Waals surface area (Å²) in [6, 6.07) is 20.7. The van der Waals surface area contributed by atoms with Crippen molar-refractivity contribution < 1.29 is 29.7 Å². The van der Waals surface area contributed by atoms with Gasteiger partial charge in [-0.05, 0) is 36.0 Å². The van der Waals surface area contributed by atoms with Crippen molar-refractivity contribution in [2.24, 2.45) is 0 Å². The average molecular weight is 517 g/mol. The van der Waals surface area contributed by atoms with Crippen molar-refractivity contribution in [3.05, 3.63) is 106 Å². The molecular weight excluding hydrogens is 490 g/mol. The van der Waals surface area contributed by atoms with Crippen molar-refractivity contribution in [3.8, 4) is 0 Å². The number of benzene rings is 3. The number of hydrogen-bond acceptors (Lipinski definition) is 6. The Kier molecular flexibility index (Phi) is 14.8. The molecule has 0 N–H and O–H groups in total. The number of aromatic carboxylic acids is 3. The molecule has 0 radical (unpaired) electrons. The minimum atomic E-state index is -1.09. The zero-order chi connectivity index (χ0) is 24.8. The molecule has 0 aliphatic heterocycles. The van der Waals surface area contributed by atoms with E-state index in [1.54, 1.807) is 54.6 Å². The molecule has 0 aliphatic rings. The molecule has 0 aromatic heterocycles. The molecule has 0 heterocycles. The summed E-state index contributed by atoms with van der Waals surface area (Å²) in [6.45, 7) is 5.76. The molecule has 3 rings (SSSR count). The zero-order valence-corrected chi connectivity index (χ0v) is 22.0. The van der Waals surface area contributed by atoms with Gasteiger partial charge in [-0.15, -0.1) is 0 Å². The SMILES string of the molecule is CCc1ccccc1C(=O)[O-].CCc1ccccc1C(=O)[O-].CCc1ccccc1C(=O)[O-].[Ga+3].